The Bertz CT molecular complexity index is 150. The minimum absolute atomic E-state index is 1.66. The van der Waals surface area contributed by atoms with Gasteiger partial charge in [0.25, 0.3) is 0 Å². The molecular weight excluding hydrogens is 108 g/mol. The highest BCUT2D eigenvalue weighted by atomic mass is 32.2. The van der Waals surface area contributed by atoms with Crippen molar-refractivity contribution in [2.45, 2.75) is 0 Å². The van der Waals surface area contributed by atoms with E-state index < -0.39 is 10.3 Å². The fourth-order valence-electron chi connectivity index (χ4n) is 0. The van der Waals surface area contributed by atoms with E-state index in [0.717, 1.165) is 0 Å². The van der Waals surface area contributed by atoms with Crippen LogP contribution in [-0.2, 0) is 10.3 Å². The van der Waals surface area contributed by atoms with Gasteiger partial charge in [-0.05, 0) is 0 Å². The smallest absolute Gasteiger partial charge is 0.343 e. The van der Waals surface area contributed by atoms with Crippen LogP contribution in [0.2, 0.25) is 0 Å². The Morgan fingerprint density at radius 2 is 1.83 bits per heavy atom. The van der Waals surface area contributed by atoms with Crippen molar-refractivity contribution in [1.82, 2.24) is 4.16 Å². The summed E-state index contributed by atoms with van der Waals surface area (Å²) in [5.74, 6) is 0. The molecule has 0 amide bonds. The van der Waals surface area contributed by atoms with Crippen LogP contribution in [0.3, 0.4) is 0 Å². The normalized spacial score (nSPS) is 10.3. The molecule has 0 aromatic carbocycles. The van der Waals surface area contributed by atoms with E-state index in [1.807, 2.05) is 0 Å². The fraction of sp³-hybridized carbons (Fsp3) is 0. The van der Waals surface area contributed by atoms with Gasteiger partial charge < -0.3 is 5.53 Å². The second kappa shape index (κ2) is 1.36. The SMILES string of the molecule is [N-]=[N+]=S(=O)(O)O. The van der Waals surface area contributed by atoms with Crippen LogP contribution in [0.25, 0.3) is 5.53 Å². The maximum atomic E-state index is 9.25. The van der Waals surface area contributed by atoms with Gasteiger partial charge >= 0.3 is 10.3 Å². The van der Waals surface area contributed by atoms with Crippen LogP contribution >= 0.6 is 0 Å². The molecule has 0 fully saturated rings. The molecule has 6 heavy (non-hydrogen) atoms. The third-order valence-electron chi connectivity index (χ3n) is 0.106. The molecule has 5 nitrogen and oxygen atoms in total. The van der Waals surface area contributed by atoms with Gasteiger partial charge in [0, 0.05) is 0 Å². The van der Waals surface area contributed by atoms with Crippen molar-refractivity contribution in [1.29, 1.82) is 0 Å². The summed E-state index contributed by atoms with van der Waals surface area (Å²) < 4.78 is 25.9. The van der Waals surface area contributed by atoms with Gasteiger partial charge in [-0.15, -0.1) is 4.21 Å². The molecule has 0 aromatic heterocycles. The predicted octanol–water partition coefficient (Wildman–Crippen LogP) is -0.511. The Kier molecular flexibility index (Phi) is 1.26. The molecule has 36 valence electrons. The highest BCUT2D eigenvalue weighted by Crippen LogP contribution is 1.61. The topological polar surface area (TPSA) is 93.9 Å². The molecule has 0 aliphatic carbocycles. The molecule has 0 heterocycles. The summed E-state index contributed by atoms with van der Waals surface area (Å²) in [5.41, 5.74) is 7.25. The average molecular weight is 110 g/mol. The lowest BCUT2D eigenvalue weighted by Gasteiger charge is -1.64. The summed E-state index contributed by atoms with van der Waals surface area (Å²) in [4.78, 5) is 0. The van der Waals surface area contributed by atoms with Gasteiger partial charge in [-0.3, -0.25) is 0 Å². The predicted molar refractivity (Wildman–Crippen MR) is 18.9 cm³/mol. The summed E-state index contributed by atoms with van der Waals surface area (Å²) in [7, 11) is -4.23. The van der Waals surface area contributed by atoms with E-state index in [-0.39, 0.29) is 0 Å². The molecule has 0 bridgehead atoms. The van der Waals surface area contributed by atoms with Gasteiger partial charge in [0.15, 0.2) is 0 Å². The molecule has 0 atom stereocenters. The molecule has 0 aliphatic heterocycles. The van der Waals surface area contributed by atoms with Gasteiger partial charge in [-0.2, -0.15) is 0 Å². The van der Waals surface area contributed by atoms with E-state index in [2.05, 4.69) is 0 Å². The van der Waals surface area contributed by atoms with Crippen molar-refractivity contribution >= 4 is 10.3 Å². The molecule has 0 aromatic rings. The standard InChI is InChI=1S/H2N2O3S/c1-2-6(3,4)5/h(H2,3,4,5). The zero-order valence-electron chi connectivity index (χ0n) is 2.61. The van der Waals surface area contributed by atoms with Crippen LogP contribution in [-0.4, -0.2) is 13.3 Å². The van der Waals surface area contributed by atoms with Crippen LogP contribution < -0.4 is 4.16 Å². The minimum atomic E-state index is -4.23. The first-order chi connectivity index (χ1) is 2.56. The summed E-state index contributed by atoms with van der Waals surface area (Å²) in [6, 6.07) is 0. The van der Waals surface area contributed by atoms with Crippen molar-refractivity contribution in [2.75, 3.05) is 0 Å². The average Bonchev–Trinajstić information content (AvgIpc) is 1.35. The Labute approximate surface area is 34.3 Å². The van der Waals surface area contributed by atoms with E-state index >= 15 is 0 Å². The number of hydrogen-bond acceptors (Lipinski definition) is 1. The first kappa shape index (κ1) is 5.58. The lowest BCUT2D eigenvalue weighted by atomic mass is 13.3. The number of hydrogen-bond donors (Lipinski definition) is 2. The van der Waals surface area contributed by atoms with Gasteiger partial charge in [0.2, 0.25) is 0 Å². The van der Waals surface area contributed by atoms with Crippen LogP contribution in [0.5, 0.6) is 0 Å². The first-order valence-electron chi connectivity index (χ1n) is 0.914. The second-order valence-corrected chi connectivity index (χ2v) is 1.65. The molecule has 0 radical (unpaired) electrons. The highest BCUT2D eigenvalue weighted by Gasteiger charge is 1.95. The number of nitrogens with zero attached hydrogens (tertiary/aromatic N) is 2. The van der Waals surface area contributed by atoms with Crippen LogP contribution in [0, 0.1) is 0 Å². The molecule has 0 rings (SSSR count). The van der Waals surface area contributed by atoms with E-state index in [4.69, 9.17) is 14.6 Å². The van der Waals surface area contributed by atoms with Crippen LogP contribution in [0.1, 0.15) is 0 Å². The monoisotopic (exact) mass is 110 g/mol. The summed E-state index contributed by atoms with van der Waals surface area (Å²) in [5, 5.41) is 0. The third kappa shape index (κ3) is 3.58. The fourth-order valence-corrected chi connectivity index (χ4v) is 0. The van der Waals surface area contributed by atoms with Crippen LogP contribution in [0.4, 0.5) is 0 Å². The summed E-state index contributed by atoms with van der Waals surface area (Å²) in [6.07, 6.45) is 0. The first-order valence-corrected chi connectivity index (χ1v) is 2.34. The van der Waals surface area contributed by atoms with Gasteiger partial charge in [0.05, 0.1) is 0 Å². The molecule has 0 spiro atoms. The highest BCUT2D eigenvalue weighted by molar-refractivity contribution is 7.81. The van der Waals surface area contributed by atoms with Crippen LogP contribution in [0.15, 0.2) is 0 Å². The quantitative estimate of drug-likeness (QED) is 0.324. The Morgan fingerprint density at radius 3 is 1.83 bits per heavy atom. The van der Waals surface area contributed by atoms with Gasteiger partial charge in [-0.1, -0.05) is 4.16 Å². The lowest BCUT2D eigenvalue weighted by molar-refractivity contribution is 0.437. The Morgan fingerprint density at radius 1 is 1.67 bits per heavy atom. The van der Waals surface area contributed by atoms with Crippen molar-refractivity contribution < 1.29 is 13.3 Å². The summed E-state index contributed by atoms with van der Waals surface area (Å²) in [6.45, 7) is 0. The summed E-state index contributed by atoms with van der Waals surface area (Å²) >= 11 is 0. The molecule has 2 N–H and O–H groups in total. The van der Waals surface area contributed by atoms with Gasteiger partial charge in [0.1, 0.15) is 0 Å². The lowest BCUT2D eigenvalue weighted by Crippen LogP contribution is -1.93. The van der Waals surface area contributed by atoms with E-state index in [1.165, 1.54) is 0 Å². The molecule has 0 saturated heterocycles. The zero-order valence-corrected chi connectivity index (χ0v) is 3.42. The van der Waals surface area contributed by atoms with Crippen molar-refractivity contribution in [2.24, 2.45) is 0 Å². The van der Waals surface area contributed by atoms with Gasteiger partial charge in [-0.25, -0.2) is 9.11 Å². The zero-order chi connectivity index (χ0) is 5.21. The van der Waals surface area contributed by atoms with Crippen molar-refractivity contribution in [3.63, 3.8) is 0 Å². The third-order valence-corrected chi connectivity index (χ3v) is 0.319. The Balaban J connectivity index is 4.75. The minimum Gasteiger partial charge on any atom is -0.343 e. The van der Waals surface area contributed by atoms with E-state index in [0.29, 0.717) is 0 Å². The second-order valence-electron chi connectivity index (χ2n) is 0.550. The number of rotatable bonds is 0. The van der Waals surface area contributed by atoms with E-state index in [9.17, 15) is 4.21 Å². The van der Waals surface area contributed by atoms with Crippen molar-refractivity contribution in [3.05, 3.63) is 5.53 Å². The molecule has 0 saturated carbocycles. The Hall–Kier alpha value is -0.420. The largest absolute Gasteiger partial charge is 0.519 e. The molecule has 0 unspecified atom stereocenters. The maximum Gasteiger partial charge on any atom is 0.519 e. The van der Waals surface area contributed by atoms with Crippen molar-refractivity contribution in [3.8, 4) is 0 Å². The molecule has 6 heteroatoms. The van der Waals surface area contributed by atoms with E-state index in [1.54, 1.807) is 4.16 Å². The maximum absolute atomic E-state index is 9.25. The molecule has 0 aliphatic rings. The molecular formula is H2N2O3S.